The van der Waals surface area contributed by atoms with Crippen molar-refractivity contribution < 1.29 is 4.79 Å². The Morgan fingerprint density at radius 3 is 2.79 bits per heavy atom. The fourth-order valence-corrected chi connectivity index (χ4v) is 5.54. The smallest absolute Gasteiger partial charge is 0.234 e. The van der Waals surface area contributed by atoms with Crippen molar-refractivity contribution in [3.63, 3.8) is 0 Å². The number of para-hydroxylation sites is 2. The normalized spacial score (nSPS) is 11.5. The standard InChI is InChI=1S/C24H18N6OS2/c1-14-6-11-18-20(12-14)33-22(26-18)15-7-9-16(10-8-15)25-21(31)13-32-24-29-28-23-27-17-4-2-3-5-19(17)30(23)24/h2-12H,13H2,1H3,(H,25,31)(H,27,28). The first-order chi connectivity index (χ1) is 16.1. The van der Waals surface area contributed by atoms with Gasteiger partial charge in [-0.15, -0.1) is 16.4 Å². The molecule has 0 radical (unpaired) electrons. The van der Waals surface area contributed by atoms with Gasteiger partial charge in [-0.1, -0.05) is 30.0 Å². The van der Waals surface area contributed by atoms with Gasteiger partial charge in [0, 0.05) is 11.3 Å². The lowest BCUT2D eigenvalue weighted by atomic mass is 10.2. The third-order valence-electron chi connectivity index (χ3n) is 5.30. The Bertz CT molecular complexity index is 1630. The summed E-state index contributed by atoms with van der Waals surface area (Å²) >= 11 is 3.04. The predicted octanol–water partition coefficient (Wildman–Crippen LogP) is 5.53. The molecule has 0 aliphatic rings. The van der Waals surface area contributed by atoms with Gasteiger partial charge in [-0.25, -0.2) is 15.1 Å². The van der Waals surface area contributed by atoms with Gasteiger partial charge in [0.1, 0.15) is 5.01 Å². The van der Waals surface area contributed by atoms with Crippen LogP contribution in [0.3, 0.4) is 0 Å². The second-order valence-electron chi connectivity index (χ2n) is 7.67. The second-order valence-corrected chi connectivity index (χ2v) is 9.64. The van der Waals surface area contributed by atoms with Crippen molar-refractivity contribution in [1.29, 1.82) is 0 Å². The van der Waals surface area contributed by atoms with Crippen molar-refractivity contribution in [3.8, 4) is 10.6 Å². The number of hydrogen-bond donors (Lipinski definition) is 2. The highest BCUT2D eigenvalue weighted by Crippen LogP contribution is 2.31. The molecule has 3 aromatic heterocycles. The van der Waals surface area contributed by atoms with Gasteiger partial charge in [-0.05, 0) is 61.0 Å². The number of aryl methyl sites for hydroxylation is 1. The van der Waals surface area contributed by atoms with Gasteiger partial charge in [-0.3, -0.25) is 9.20 Å². The maximum atomic E-state index is 12.5. The zero-order valence-electron chi connectivity index (χ0n) is 17.6. The lowest BCUT2D eigenvalue weighted by Gasteiger charge is -2.05. The van der Waals surface area contributed by atoms with Crippen LogP contribution >= 0.6 is 23.1 Å². The minimum Gasteiger partial charge on any atom is -0.325 e. The van der Waals surface area contributed by atoms with Crippen LogP contribution in [-0.2, 0) is 4.79 Å². The molecule has 33 heavy (non-hydrogen) atoms. The van der Waals surface area contributed by atoms with E-state index in [1.807, 2.05) is 52.9 Å². The summed E-state index contributed by atoms with van der Waals surface area (Å²) in [6.45, 7) is 2.08. The Morgan fingerprint density at radius 2 is 1.91 bits per heavy atom. The molecule has 6 aromatic rings. The van der Waals surface area contributed by atoms with Crippen molar-refractivity contribution in [3.05, 3.63) is 72.3 Å². The zero-order valence-corrected chi connectivity index (χ0v) is 19.2. The van der Waals surface area contributed by atoms with Gasteiger partial charge in [0.05, 0.1) is 27.0 Å². The van der Waals surface area contributed by atoms with Crippen molar-refractivity contribution in [2.75, 3.05) is 11.1 Å². The van der Waals surface area contributed by atoms with E-state index < -0.39 is 0 Å². The molecule has 0 aliphatic heterocycles. The number of fused-ring (bicyclic) bond motifs is 4. The largest absolute Gasteiger partial charge is 0.325 e. The van der Waals surface area contributed by atoms with Gasteiger partial charge in [0.15, 0.2) is 5.16 Å². The highest BCUT2D eigenvalue weighted by molar-refractivity contribution is 7.99. The minimum absolute atomic E-state index is 0.0937. The van der Waals surface area contributed by atoms with Crippen molar-refractivity contribution >= 4 is 61.7 Å². The molecule has 0 saturated carbocycles. The summed E-state index contributed by atoms with van der Waals surface area (Å²) in [5.74, 6) is 0.814. The first-order valence-corrected chi connectivity index (χ1v) is 12.2. The van der Waals surface area contributed by atoms with Crippen LogP contribution in [0.4, 0.5) is 5.69 Å². The molecular formula is C24H18N6OS2. The molecule has 1 amide bonds. The number of nitrogens with zero attached hydrogens (tertiary/aromatic N) is 4. The number of aromatic amines is 1. The summed E-state index contributed by atoms with van der Waals surface area (Å²) < 4.78 is 3.11. The van der Waals surface area contributed by atoms with E-state index in [4.69, 9.17) is 4.98 Å². The Hall–Kier alpha value is -3.69. The first-order valence-electron chi connectivity index (χ1n) is 10.4. The quantitative estimate of drug-likeness (QED) is 0.324. The molecule has 162 valence electrons. The van der Waals surface area contributed by atoms with E-state index in [1.165, 1.54) is 22.0 Å². The lowest BCUT2D eigenvalue weighted by molar-refractivity contribution is -0.113. The van der Waals surface area contributed by atoms with Crippen LogP contribution in [0.2, 0.25) is 0 Å². The van der Waals surface area contributed by atoms with Crippen molar-refractivity contribution in [2.45, 2.75) is 12.1 Å². The van der Waals surface area contributed by atoms with Crippen LogP contribution in [0, 0.1) is 6.92 Å². The number of anilines is 1. The zero-order chi connectivity index (χ0) is 22.4. The predicted molar refractivity (Wildman–Crippen MR) is 134 cm³/mol. The molecule has 3 heterocycles. The van der Waals surface area contributed by atoms with E-state index >= 15 is 0 Å². The van der Waals surface area contributed by atoms with Gasteiger partial charge in [0.25, 0.3) is 0 Å². The summed E-state index contributed by atoms with van der Waals surface area (Å²) in [4.78, 5) is 21.8. The molecule has 3 aromatic carbocycles. The van der Waals surface area contributed by atoms with E-state index in [0.717, 1.165) is 32.8 Å². The van der Waals surface area contributed by atoms with Gasteiger partial charge in [0.2, 0.25) is 11.7 Å². The summed E-state index contributed by atoms with van der Waals surface area (Å²) in [5, 5.41) is 11.9. The number of thiazole rings is 1. The number of thioether (sulfide) groups is 1. The molecule has 0 unspecified atom stereocenters. The number of benzene rings is 3. The van der Waals surface area contributed by atoms with Gasteiger partial charge >= 0.3 is 0 Å². The number of hydrogen-bond acceptors (Lipinski definition) is 6. The lowest BCUT2D eigenvalue weighted by Crippen LogP contribution is -2.14. The highest BCUT2D eigenvalue weighted by atomic mass is 32.2. The minimum atomic E-state index is -0.0937. The SMILES string of the molecule is Cc1ccc2nc(-c3ccc(NC(=O)CSc4n[nH]c5nc6ccccc6n45)cc3)sc2c1. The molecule has 0 saturated heterocycles. The molecule has 0 fully saturated rings. The number of rotatable bonds is 5. The van der Waals surface area contributed by atoms with E-state index in [2.05, 4.69) is 45.6 Å². The van der Waals surface area contributed by atoms with Gasteiger partial charge < -0.3 is 5.32 Å². The third-order valence-corrected chi connectivity index (χ3v) is 7.30. The molecule has 7 nitrogen and oxygen atoms in total. The van der Waals surface area contributed by atoms with E-state index in [1.54, 1.807) is 11.3 Å². The maximum absolute atomic E-state index is 12.5. The fourth-order valence-electron chi connectivity index (χ4n) is 3.72. The maximum Gasteiger partial charge on any atom is 0.234 e. The molecule has 0 atom stereocenters. The average molecular weight is 471 g/mol. The number of nitrogens with one attached hydrogen (secondary N) is 2. The van der Waals surface area contributed by atoms with Crippen molar-refractivity contribution in [2.24, 2.45) is 0 Å². The average Bonchev–Trinajstić information content (AvgIpc) is 3.51. The van der Waals surface area contributed by atoms with Crippen LogP contribution < -0.4 is 5.32 Å². The molecule has 9 heteroatoms. The molecule has 0 aliphatic carbocycles. The molecule has 6 rings (SSSR count). The van der Waals surface area contributed by atoms with Crippen molar-refractivity contribution in [1.82, 2.24) is 24.6 Å². The van der Waals surface area contributed by atoms with E-state index in [9.17, 15) is 4.79 Å². The fraction of sp³-hybridized carbons (Fsp3) is 0.0833. The van der Waals surface area contributed by atoms with Gasteiger partial charge in [-0.2, -0.15) is 0 Å². The summed E-state index contributed by atoms with van der Waals surface area (Å²) in [7, 11) is 0. The Labute approximate surface area is 196 Å². The number of H-pyrrole nitrogens is 1. The van der Waals surface area contributed by atoms with Crippen LogP contribution in [-0.4, -0.2) is 36.2 Å². The number of imidazole rings is 1. The Kier molecular flexibility index (Phi) is 4.85. The van der Waals surface area contributed by atoms with Crippen LogP contribution in [0.5, 0.6) is 0 Å². The monoisotopic (exact) mass is 470 g/mol. The molecule has 0 bridgehead atoms. The first kappa shape index (κ1) is 20.0. The number of amides is 1. The summed E-state index contributed by atoms with van der Waals surface area (Å²) in [5.41, 5.74) is 5.87. The molecule has 0 spiro atoms. The molecule has 2 N–H and O–H groups in total. The number of aromatic nitrogens is 5. The number of carbonyl (C=O) groups is 1. The third kappa shape index (κ3) is 3.75. The van der Waals surface area contributed by atoms with Crippen LogP contribution in [0.25, 0.3) is 37.6 Å². The Balaban J connectivity index is 1.14. The topological polar surface area (TPSA) is 88.0 Å². The van der Waals surface area contributed by atoms with E-state index in [0.29, 0.717) is 10.9 Å². The molecular weight excluding hydrogens is 452 g/mol. The summed E-state index contributed by atoms with van der Waals surface area (Å²) in [6.07, 6.45) is 0. The van der Waals surface area contributed by atoms with Crippen LogP contribution in [0.1, 0.15) is 5.56 Å². The van der Waals surface area contributed by atoms with Crippen LogP contribution in [0.15, 0.2) is 71.9 Å². The number of carbonyl (C=O) groups excluding carboxylic acids is 1. The van der Waals surface area contributed by atoms with E-state index in [-0.39, 0.29) is 11.7 Å². The summed E-state index contributed by atoms with van der Waals surface area (Å²) in [6, 6.07) is 21.9. The Morgan fingerprint density at radius 1 is 1.06 bits per heavy atom. The highest BCUT2D eigenvalue weighted by Gasteiger charge is 2.14. The second kappa shape index (κ2) is 8.02.